The van der Waals surface area contributed by atoms with E-state index in [1.54, 1.807) is 0 Å². The normalized spacial score (nSPS) is 32.4. The quantitative estimate of drug-likeness (QED) is 0.641. The molecule has 34 heavy (non-hydrogen) atoms. The Bertz CT molecular complexity index is 919. The Labute approximate surface area is 201 Å². The lowest BCUT2D eigenvalue weighted by molar-refractivity contribution is -0.146. The first-order chi connectivity index (χ1) is 16.5. The highest BCUT2D eigenvalue weighted by Gasteiger charge is 2.54. The minimum atomic E-state index is -0.183. The van der Waals surface area contributed by atoms with Crippen molar-refractivity contribution in [2.75, 3.05) is 33.1 Å². The third kappa shape index (κ3) is 4.06. The summed E-state index contributed by atoms with van der Waals surface area (Å²) in [7, 11) is 0. The summed E-state index contributed by atoms with van der Waals surface area (Å²) in [6.07, 6.45) is 9.13. The lowest BCUT2D eigenvalue weighted by Gasteiger charge is -2.55. The number of hydrogen-bond donors (Lipinski definition) is 2. The molecule has 1 saturated heterocycles. The van der Waals surface area contributed by atoms with Gasteiger partial charge in [0, 0.05) is 43.6 Å². The number of carbonyl (C=O) groups is 2. The number of fused-ring (bicyclic) bond motifs is 1. The van der Waals surface area contributed by atoms with Crippen molar-refractivity contribution in [3.8, 4) is 11.5 Å². The van der Waals surface area contributed by atoms with Crippen molar-refractivity contribution in [3.63, 3.8) is 0 Å². The monoisotopic (exact) mass is 468 g/mol. The van der Waals surface area contributed by atoms with Crippen LogP contribution >= 0.6 is 0 Å². The van der Waals surface area contributed by atoms with Gasteiger partial charge in [0.05, 0.1) is 0 Å². The molecular formula is C27H36N2O5. The highest BCUT2D eigenvalue weighted by molar-refractivity contribution is 5.84. The molecule has 0 unspecified atom stereocenters. The fourth-order valence-electron chi connectivity index (χ4n) is 7.78. The Morgan fingerprint density at radius 3 is 2.29 bits per heavy atom. The summed E-state index contributed by atoms with van der Waals surface area (Å²) < 4.78 is 16.7. The molecule has 4 saturated carbocycles. The third-order valence-corrected chi connectivity index (χ3v) is 9.22. The van der Waals surface area contributed by atoms with Gasteiger partial charge in [-0.2, -0.15) is 0 Å². The molecule has 0 aromatic heterocycles. The molecule has 2 N–H and O–H groups in total. The van der Waals surface area contributed by atoms with Crippen molar-refractivity contribution in [1.82, 2.24) is 10.6 Å². The number of benzene rings is 1. The maximum atomic E-state index is 13.1. The SMILES string of the molecule is O=C(CCNC(=O)C12CC3CC(CC(C3)C1)C2)NCC1(c2ccc3c(c2)OCO3)CCOCC1. The topological polar surface area (TPSA) is 85.9 Å². The molecule has 2 heterocycles. The van der Waals surface area contributed by atoms with Crippen LogP contribution in [0.1, 0.15) is 63.4 Å². The lowest BCUT2D eigenvalue weighted by Crippen LogP contribution is -2.54. The van der Waals surface area contributed by atoms with Crippen LogP contribution in [-0.4, -0.2) is 44.9 Å². The van der Waals surface area contributed by atoms with Gasteiger partial charge in [0.25, 0.3) is 0 Å². The molecule has 0 radical (unpaired) electrons. The predicted molar refractivity (Wildman–Crippen MR) is 126 cm³/mol. The van der Waals surface area contributed by atoms with Crippen molar-refractivity contribution in [2.24, 2.45) is 23.2 Å². The van der Waals surface area contributed by atoms with Crippen molar-refractivity contribution >= 4 is 11.8 Å². The van der Waals surface area contributed by atoms with Gasteiger partial charge in [0.1, 0.15) is 0 Å². The molecule has 7 heteroatoms. The number of rotatable bonds is 7. The average molecular weight is 469 g/mol. The standard InChI is InChI=1S/C27H36N2O5/c30-24(3-6-28-25(31)27-13-18-9-19(14-27)11-20(10-18)15-27)29-16-26(4-7-32-8-5-26)21-1-2-22-23(12-21)34-17-33-22/h1-2,12,18-20H,3-11,13-17H2,(H,28,31)(H,29,30). The average Bonchev–Trinajstić information content (AvgIpc) is 3.30. The van der Waals surface area contributed by atoms with Crippen molar-refractivity contribution in [2.45, 2.75) is 63.2 Å². The van der Waals surface area contributed by atoms with Crippen LogP contribution in [-0.2, 0) is 19.7 Å². The van der Waals surface area contributed by atoms with Crippen LogP contribution in [0.3, 0.4) is 0 Å². The molecule has 5 fully saturated rings. The molecule has 6 aliphatic rings. The first-order valence-electron chi connectivity index (χ1n) is 13.1. The van der Waals surface area contributed by atoms with Gasteiger partial charge in [-0.1, -0.05) is 6.07 Å². The van der Waals surface area contributed by atoms with E-state index in [0.717, 1.165) is 66.9 Å². The van der Waals surface area contributed by atoms with Gasteiger partial charge < -0.3 is 24.8 Å². The highest BCUT2D eigenvalue weighted by Crippen LogP contribution is 2.60. The summed E-state index contributed by atoms with van der Waals surface area (Å²) in [4.78, 5) is 25.9. The summed E-state index contributed by atoms with van der Waals surface area (Å²) in [5.41, 5.74) is 0.809. The zero-order valence-electron chi connectivity index (χ0n) is 19.9. The van der Waals surface area contributed by atoms with Gasteiger partial charge in [0.15, 0.2) is 11.5 Å². The van der Waals surface area contributed by atoms with E-state index in [4.69, 9.17) is 14.2 Å². The molecule has 7 rings (SSSR count). The Balaban J connectivity index is 1.03. The number of carbonyl (C=O) groups excluding carboxylic acids is 2. The van der Waals surface area contributed by atoms with Crippen LogP contribution in [0, 0.1) is 23.2 Å². The van der Waals surface area contributed by atoms with E-state index in [2.05, 4.69) is 16.7 Å². The fourth-order valence-corrected chi connectivity index (χ4v) is 7.78. The second-order valence-electron chi connectivity index (χ2n) is 11.4. The molecule has 1 aromatic rings. The van der Waals surface area contributed by atoms with E-state index in [-0.39, 0.29) is 29.4 Å². The summed E-state index contributed by atoms with van der Waals surface area (Å²) >= 11 is 0. The summed E-state index contributed by atoms with van der Waals surface area (Å²) in [5.74, 6) is 3.94. The van der Waals surface area contributed by atoms with Gasteiger partial charge in [0.2, 0.25) is 18.6 Å². The number of nitrogens with one attached hydrogen (secondary N) is 2. The molecule has 0 atom stereocenters. The predicted octanol–water partition coefficient (Wildman–Crippen LogP) is 3.30. The van der Waals surface area contributed by atoms with E-state index < -0.39 is 0 Å². The largest absolute Gasteiger partial charge is 0.454 e. The van der Waals surface area contributed by atoms with Gasteiger partial charge >= 0.3 is 0 Å². The van der Waals surface area contributed by atoms with E-state index in [1.165, 1.54) is 19.3 Å². The van der Waals surface area contributed by atoms with E-state index in [9.17, 15) is 9.59 Å². The zero-order valence-corrected chi connectivity index (χ0v) is 19.9. The van der Waals surface area contributed by atoms with Gasteiger partial charge in [-0.05, 0) is 86.8 Å². The van der Waals surface area contributed by atoms with Gasteiger partial charge in [-0.25, -0.2) is 0 Å². The Hall–Kier alpha value is -2.28. The highest BCUT2D eigenvalue weighted by atomic mass is 16.7. The lowest BCUT2D eigenvalue weighted by atomic mass is 9.49. The fraction of sp³-hybridized carbons (Fsp3) is 0.704. The molecular weight excluding hydrogens is 432 g/mol. The van der Waals surface area contributed by atoms with Crippen LogP contribution in [0.2, 0.25) is 0 Å². The smallest absolute Gasteiger partial charge is 0.231 e. The second-order valence-corrected chi connectivity index (χ2v) is 11.4. The summed E-state index contributed by atoms with van der Waals surface area (Å²) in [6.45, 7) is 2.56. The van der Waals surface area contributed by atoms with Crippen LogP contribution in [0.5, 0.6) is 11.5 Å². The molecule has 0 spiro atoms. The maximum absolute atomic E-state index is 13.1. The van der Waals surface area contributed by atoms with Gasteiger partial charge in [-0.15, -0.1) is 0 Å². The van der Waals surface area contributed by atoms with E-state index >= 15 is 0 Å². The number of amides is 2. The van der Waals surface area contributed by atoms with E-state index in [1.807, 2.05) is 12.1 Å². The Morgan fingerprint density at radius 2 is 1.59 bits per heavy atom. The first kappa shape index (κ1) is 22.2. The molecule has 4 bridgehead atoms. The Kier molecular flexibility index (Phi) is 5.71. The van der Waals surface area contributed by atoms with Crippen LogP contribution in [0.15, 0.2) is 18.2 Å². The minimum absolute atomic E-state index is 0.0163. The molecule has 2 aliphatic heterocycles. The molecule has 7 nitrogen and oxygen atoms in total. The van der Waals surface area contributed by atoms with Crippen molar-refractivity contribution < 1.29 is 23.8 Å². The van der Waals surface area contributed by atoms with Crippen LogP contribution < -0.4 is 20.1 Å². The second kappa shape index (κ2) is 8.74. The third-order valence-electron chi connectivity index (χ3n) is 9.22. The van der Waals surface area contributed by atoms with Crippen LogP contribution in [0.4, 0.5) is 0 Å². The van der Waals surface area contributed by atoms with Gasteiger partial charge in [-0.3, -0.25) is 9.59 Å². The molecule has 4 aliphatic carbocycles. The number of ether oxygens (including phenoxy) is 3. The van der Waals surface area contributed by atoms with Crippen LogP contribution in [0.25, 0.3) is 0 Å². The van der Waals surface area contributed by atoms with Crippen molar-refractivity contribution in [3.05, 3.63) is 23.8 Å². The summed E-state index contributed by atoms with van der Waals surface area (Å²) in [5, 5.41) is 6.28. The zero-order chi connectivity index (χ0) is 23.2. The van der Waals surface area contributed by atoms with E-state index in [0.29, 0.717) is 32.7 Å². The summed E-state index contributed by atoms with van der Waals surface area (Å²) in [6, 6.07) is 6.08. The molecule has 1 aromatic carbocycles. The maximum Gasteiger partial charge on any atom is 0.231 e. The molecule has 2 amide bonds. The molecule has 184 valence electrons. The first-order valence-corrected chi connectivity index (χ1v) is 13.1. The van der Waals surface area contributed by atoms with Crippen molar-refractivity contribution in [1.29, 1.82) is 0 Å². The minimum Gasteiger partial charge on any atom is -0.454 e. The Morgan fingerprint density at radius 1 is 0.912 bits per heavy atom. The number of hydrogen-bond acceptors (Lipinski definition) is 5.